The van der Waals surface area contributed by atoms with Gasteiger partial charge >= 0.3 is 0 Å². The first-order chi connectivity index (χ1) is 8.33. The smallest absolute Gasteiger partial charge is 0.120 e. The number of aryl methyl sites for hydroxylation is 1. The zero-order chi connectivity index (χ0) is 12.1. The Balaban J connectivity index is 2.12. The number of thiazole rings is 1. The number of hydrogen-bond donors (Lipinski definition) is 1. The van der Waals surface area contributed by atoms with Crippen molar-refractivity contribution in [3.8, 4) is 5.75 Å². The van der Waals surface area contributed by atoms with Gasteiger partial charge in [-0.15, -0.1) is 11.3 Å². The lowest BCUT2D eigenvalue weighted by atomic mass is 10.3. The number of aliphatic hydroxyl groups excluding tert-OH is 1. The Morgan fingerprint density at radius 3 is 3.06 bits per heavy atom. The second-order valence-corrected chi connectivity index (χ2v) is 5.03. The first-order valence-electron chi connectivity index (χ1n) is 5.96. The molecule has 0 fully saturated rings. The molecule has 92 valence electrons. The van der Waals surface area contributed by atoms with E-state index in [4.69, 9.17) is 9.84 Å². The van der Waals surface area contributed by atoms with E-state index >= 15 is 0 Å². The molecule has 4 heteroatoms. The van der Waals surface area contributed by atoms with Crippen LogP contribution in [0, 0.1) is 0 Å². The van der Waals surface area contributed by atoms with Crippen molar-refractivity contribution >= 4 is 21.6 Å². The number of aromatic nitrogens is 1. The summed E-state index contributed by atoms with van der Waals surface area (Å²) >= 11 is 1.73. The standard InChI is InChI=1S/C13H17NO2S/c1-2-4-13-14-11-6-5-10(9-12(11)17-13)16-8-3-7-15/h5-6,9,15H,2-4,7-8H2,1H3. The minimum absolute atomic E-state index is 0.170. The second kappa shape index (κ2) is 5.98. The van der Waals surface area contributed by atoms with Gasteiger partial charge < -0.3 is 9.84 Å². The molecule has 3 nitrogen and oxygen atoms in total. The number of benzene rings is 1. The molecule has 2 rings (SSSR count). The molecule has 0 aliphatic carbocycles. The maximum absolute atomic E-state index is 8.69. The van der Waals surface area contributed by atoms with Gasteiger partial charge in [0.2, 0.25) is 0 Å². The molecular formula is C13H17NO2S. The Morgan fingerprint density at radius 2 is 2.29 bits per heavy atom. The van der Waals surface area contributed by atoms with Crippen LogP contribution in [0.5, 0.6) is 5.75 Å². The van der Waals surface area contributed by atoms with Crippen LogP contribution in [0.1, 0.15) is 24.8 Å². The molecular weight excluding hydrogens is 234 g/mol. The number of fused-ring (bicyclic) bond motifs is 1. The molecule has 0 aliphatic rings. The molecule has 0 aliphatic heterocycles. The Kier molecular flexibility index (Phi) is 4.34. The highest BCUT2D eigenvalue weighted by Gasteiger charge is 2.04. The number of hydrogen-bond acceptors (Lipinski definition) is 4. The zero-order valence-electron chi connectivity index (χ0n) is 9.98. The molecule has 17 heavy (non-hydrogen) atoms. The third-order valence-corrected chi connectivity index (χ3v) is 3.52. The molecule has 1 N–H and O–H groups in total. The van der Waals surface area contributed by atoms with Gasteiger partial charge in [0, 0.05) is 13.0 Å². The molecule has 1 aromatic carbocycles. The molecule has 0 amide bonds. The molecule has 0 saturated heterocycles. The summed E-state index contributed by atoms with van der Waals surface area (Å²) in [4.78, 5) is 4.56. The average Bonchev–Trinajstić information content (AvgIpc) is 2.71. The van der Waals surface area contributed by atoms with Crippen LogP contribution in [0.25, 0.3) is 10.2 Å². The largest absolute Gasteiger partial charge is 0.493 e. The molecule has 0 bridgehead atoms. The van der Waals surface area contributed by atoms with Crippen molar-refractivity contribution in [2.75, 3.05) is 13.2 Å². The van der Waals surface area contributed by atoms with Crippen LogP contribution in [0.2, 0.25) is 0 Å². The summed E-state index contributed by atoms with van der Waals surface area (Å²) in [5, 5.41) is 9.88. The first kappa shape index (κ1) is 12.3. The first-order valence-corrected chi connectivity index (χ1v) is 6.78. The van der Waals surface area contributed by atoms with Crippen LogP contribution >= 0.6 is 11.3 Å². The number of aliphatic hydroxyl groups is 1. The van der Waals surface area contributed by atoms with Gasteiger partial charge in [-0.3, -0.25) is 0 Å². The number of ether oxygens (including phenoxy) is 1. The molecule has 1 aromatic heterocycles. The third-order valence-electron chi connectivity index (χ3n) is 2.44. The summed E-state index contributed by atoms with van der Waals surface area (Å²) in [6.45, 7) is 2.89. The molecule has 0 radical (unpaired) electrons. The van der Waals surface area contributed by atoms with Gasteiger partial charge in [-0.1, -0.05) is 6.92 Å². The van der Waals surface area contributed by atoms with Gasteiger partial charge in [0.05, 0.1) is 21.8 Å². The molecule has 1 heterocycles. The van der Waals surface area contributed by atoms with E-state index in [0.717, 1.165) is 24.1 Å². The molecule has 2 aromatic rings. The van der Waals surface area contributed by atoms with Crippen molar-refractivity contribution in [1.29, 1.82) is 0 Å². The third kappa shape index (κ3) is 3.17. The van der Waals surface area contributed by atoms with Gasteiger partial charge in [0.15, 0.2) is 0 Å². The lowest BCUT2D eigenvalue weighted by Gasteiger charge is -2.03. The van der Waals surface area contributed by atoms with Crippen molar-refractivity contribution in [1.82, 2.24) is 4.98 Å². The average molecular weight is 251 g/mol. The number of rotatable bonds is 6. The van der Waals surface area contributed by atoms with Crippen molar-refractivity contribution in [3.05, 3.63) is 23.2 Å². The highest BCUT2D eigenvalue weighted by Crippen LogP contribution is 2.27. The SMILES string of the molecule is CCCc1nc2ccc(OCCCO)cc2s1. The Morgan fingerprint density at radius 1 is 1.41 bits per heavy atom. The van der Waals surface area contributed by atoms with Crippen LogP contribution in [-0.4, -0.2) is 23.3 Å². The number of nitrogens with zero attached hydrogens (tertiary/aromatic N) is 1. The van der Waals surface area contributed by atoms with E-state index in [0.29, 0.717) is 13.0 Å². The topological polar surface area (TPSA) is 42.4 Å². The monoisotopic (exact) mass is 251 g/mol. The molecule has 0 saturated carbocycles. The van der Waals surface area contributed by atoms with Gasteiger partial charge in [0.25, 0.3) is 0 Å². The predicted molar refractivity (Wildman–Crippen MR) is 70.8 cm³/mol. The fourth-order valence-corrected chi connectivity index (χ4v) is 2.72. The maximum atomic E-state index is 8.69. The summed E-state index contributed by atoms with van der Waals surface area (Å²) in [5.41, 5.74) is 1.05. The van der Waals surface area contributed by atoms with E-state index in [1.54, 1.807) is 11.3 Å². The van der Waals surface area contributed by atoms with Crippen LogP contribution in [-0.2, 0) is 6.42 Å². The van der Waals surface area contributed by atoms with E-state index in [-0.39, 0.29) is 6.61 Å². The van der Waals surface area contributed by atoms with Crippen molar-refractivity contribution in [3.63, 3.8) is 0 Å². The van der Waals surface area contributed by atoms with E-state index in [1.165, 1.54) is 9.71 Å². The van der Waals surface area contributed by atoms with Crippen LogP contribution < -0.4 is 4.74 Å². The Hall–Kier alpha value is -1.13. The highest BCUT2D eigenvalue weighted by atomic mass is 32.1. The van der Waals surface area contributed by atoms with Crippen LogP contribution in [0.15, 0.2) is 18.2 Å². The maximum Gasteiger partial charge on any atom is 0.120 e. The minimum Gasteiger partial charge on any atom is -0.493 e. The van der Waals surface area contributed by atoms with Gasteiger partial charge in [-0.2, -0.15) is 0 Å². The summed E-state index contributed by atoms with van der Waals surface area (Å²) in [6, 6.07) is 5.97. The summed E-state index contributed by atoms with van der Waals surface area (Å²) < 4.78 is 6.72. The second-order valence-electron chi connectivity index (χ2n) is 3.91. The highest BCUT2D eigenvalue weighted by molar-refractivity contribution is 7.18. The Labute approximate surface area is 105 Å². The van der Waals surface area contributed by atoms with E-state index < -0.39 is 0 Å². The van der Waals surface area contributed by atoms with Gasteiger partial charge in [0.1, 0.15) is 5.75 Å². The molecule has 0 atom stereocenters. The predicted octanol–water partition coefficient (Wildman–Crippen LogP) is 3.01. The van der Waals surface area contributed by atoms with Crippen LogP contribution in [0.3, 0.4) is 0 Å². The van der Waals surface area contributed by atoms with E-state index in [2.05, 4.69) is 11.9 Å². The van der Waals surface area contributed by atoms with Gasteiger partial charge in [-0.05, 0) is 31.0 Å². The van der Waals surface area contributed by atoms with E-state index in [9.17, 15) is 0 Å². The van der Waals surface area contributed by atoms with Crippen molar-refractivity contribution < 1.29 is 9.84 Å². The lowest BCUT2D eigenvalue weighted by Crippen LogP contribution is -1.99. The van der Waals surface area contributed by atoms with Gasteiger partial charge in [-0.25, -0.2) is 4.98 Å². The molecule has 0 spiro atoms. The fourth-order valence-electron chi connectivity index (χ4n) is 1.62. The minimum atomic E-state index is 0.170. The van der Waals surface area contributed by atoms with E-state index in [1.807, 2.05) is 18.2 Å². The van der Waals surface area contributed by atoms with Crippen molar-refractivity contribution in [2.24, 2.45) is 0 Å². The quantitative estimate of drug-likeness (QED) is 0.802. The summed E-state index contributed by atoms with van der Waals surface area (Å²) in [7, 11) is 0. The van der Waals surface area contributed by atoms with Crippen molar-refractivity contribution in [2.45, 2.75) is 26.2 Å². The Bertz CT molecular complexity index is 481. The molecule has 0 unspecified atom stereocenters. The zero-order valence-corrected chi connectivity index (χ0v) is 10.8. The fraction of sp³-hybridized carbons (Fsp3) is 0.462. The summed E-state index contributed by atoms with van der Waals surface area (Å²) in [5.74, 6) is 0.859. The summed E-state index contributed by atoms with van der Waals surface area (Å²) in [6.07, 6.45) is 2.83. The lowest BCUT2D eigenvalue weighted by molar-refractivity contribution is 0.234. The van der Waals surface area contributed by atoms with Crippen LogP contribution in [0.4, 0.5) is 0 Å². The normalized spacial score (nSPS) is 10.9.